The van der Waals surface area contributed by atoms with E-state index in [2.05, 4.69) is 36.9 Å². The third kappa shape index (κ3) is 14.7. The fraction of sp³-hybridized carbons (Fsp3) is 0.352. The third-order valence-electron chi connectivity index (χ3n) is 12.7. The van der Waals surface area contributed by atoms with Crippen molar-refractivity contribution >= 4 is 109 Å². The molecule has 0 saturated heterocycles. The maximum Gasteiger partial charge on any atom is 0.412 e. The first-order valence-electron chi connectivity index (χ1n) is 25.9. The minimum absolute atomic E-state index is 0.000977. The summed E-state index contributed by atoms with van der Waals surface area (Å²) < 4.78 is 10.8. The molecule has 9 rings (SSSR count). The Morgan fingerprint density at radius 3 is 2.29 bits per heavy atom. The van der Waals surface area contributed by atoms with Gasteiger partial charge in [0.25, 0.3) is 17.7 Å². The molecule has 8 aromatic rings. The average molecular weight is 1240 g/mol. The number of aryl methyl sites for hydroxylation is 1. The highest BCUT2D eigenvalue weighted by atomic mass is 32.1. The van der Waals surface area contributed by atoms with Crippen LogP contribution >= 0.6 is 68.0 Å². The van der Waals surface area contributed by atoms with Crippen LogP contribution in [0.5, 0.6) is 0 Å². The minimum atomic E-state index is -1.27. The summed E-state index contributed by atoms with van der Waals surface area (Å²) in [5.74, 6) is -2.84. The van der Waals surface area contributed by atoms with Gasteiger partial charge in [0.15, 0.2) is 0 Å². The van der Waals surface area contributed by atoms with Gasteiger partial charge < -0.3 is 46.9 Å². The zero-order valence-electron chi connectivity index (χ0n) is 45.9. The molecule has 23 nitrogen and oxygen atoms in total. The zero-order valence-corrected chi connectivity index (χ0v) is 50.7. The highest BCUT2D eigenvalue weighted by Gasteiger charge is 2.33. The van der Waals surface area contributed by atoms with Gasteiger partial charge in [-0.25, -0.2) is 39.7 Å². The second kappa shape index (κ2) is 26.5. The molecule has 8 heterocycles. The number of fused-ring (bicyclic) bond motifs is 14. The monoisotopic (exact) mass is 1240 g/mol. The number of anilines is 1. The van der Waals surface area contributed by atoms with E-state index in [0.717, 1.165) is 11.3 Å². The maximum absolute atomic E-state index is 14.3. The molecule has 4 atom stereocenters. The molecule has 0 unspecified atom stereocenters. The normalized spacial score (nSPS) is 16.5. The summed E-state index contributed by atoms with van der Waals surface area (Å²) in [7, 11) is 2.95. The van der Waals surface area contributed by atoms with Gasteiger partial charge in [-0.15, -0.1) is 68.0 Å². The van der Waals surface area contributed by atoms with E-state index < -0.39 is 71.9 Å². The van der Waals surface area contributed by atoms with E-state index in [1.807, 2.05) is 27.7 Å². The van der Waals surface area contributed by atoms with Gasteiger partial charge in [0, 0.05) is 52.5 Å². The fourth-order valence-electron chi connectivity index (χ4n) is 8.47. The quantitative estimate of drug-likeness (QED) is 0.0502. The number of pyridine rings is 1. The van der Waals surface area contributed by atoms with E-state index >= 15 is 0 Å². The number of hydrogen-bond acceptors (Lipinski definition) is 23. The molecule has 0 saturated carbocycles. The Morgan fingerprint density at radius 2 is 1.54 bits per heavy atom. The van der Waals surface area contributed by atoms with Crippen molar-refractivity contribution in [3.8, 4) is 42.5 Å². The number of nitrogens with two attached hydrogens (primary N) is 1. The maximum atomic E-state index is 14.3. The zero-order chi connectivity index (χ0) is 59.1. The first-order valence-corrected chi connectivity index (χ1v) is 31.0. The summed E-state index contributed by atoms with van der Waals surface area (Å²) in [6, 6.07) is 9.56. The molecular formula is C54H58N14O9S6. The highest BCUT2D eigenvalue weighted by Crippen LogP contribution is 2.41. The summed E-state index contributed by atoms with van der Waals surface area (Å²) in [5.41, 5.74) is 8.13. The van der Waals surface area contributed by atoms with Crippen LogP contribution in [0.4, 0.5) is 10.6 Å². The van der Waals surface area contributed by atoms with Crippen molar-refractivity contribution < 1.29 is 43.3 Å². The summed E-state index contributed by atoms with van der Waals surface area (Å²) in [6.45, 7) is 8.96. The number of nitrogens with one attached hydrogen (secondary N) is 6. The molecule has 83 heavy (non-hydrogen) atoms. The molecule has 0 aliphatic carbocycles. The van der Waals surface area contributed by atoms with Crippen LogP contribution in [-0.2, 0) is 25.7 Å². The molecule has 7 aromatic heterocycles. The number of carbonyl (C=O) groups is 6. The highest BCUT2D eigenvalue weighted by molar-refractivity contribution is 7.19. The molecule has 9 N–H and O–H groups in total. The molecular weight excluding hydrogens is 1180 g/mol. The van der Waals surface area contributed by atoms with Gasteiger partial charge >= 0.3 is 6.09 Å². The van der Waals surface area contributed by atoms with Crippen LogP contribution in [-0.4, -0.2) is 108 Å². The Morgan fingerprint density at radius 1 is 0.783 bits per heavy atom. The number of ether oxygens (including phenoxy) is 2. The van der Waals surface area contributed by atoms with Crippen LogP contribution in [0.25, 0.3) is 42.5 Å². The lowest BCUT2D eigenvalue weighted by Crippen LogP contribution is -2.40. The number of hydrogen-bond donors (Lipinski definition) is 8. The lowest BCUT2D eigenvalue weighted by molar-refractivity contribution is -0.122. The number of thiazole rings is 6. The van der Waals surface area contributed by atoms with E-state index in [9.17, 15) is 33.9 Å². The summed E-state index contributed by atoms with van der Waals surface area (Å²) in [5, 5.41) is 36.1. The molecule has 1 aliphatic rings. The molecule has 1 aliphatic heterocycles. The molecule has 0 spiro atoms. The fourth-order valence-corrected chi connectivity index (χ4v) is 14.1. The van der Waals surface area contributed by atoms with Crippen LogP contribution < -0.4 is 37.6 Å². The molecule has 29 heteroatoms. The number of aliphatic hydroxyl groups excluding tert-OH is 1. The molecule has 0 radical (unpaired) electrons. The largest absolute Gasteiger partial charge is 0.449 e. The van der Waals surface area contributed by atoms with Gasteiger partial charge in [-0.3, -0.25) is 29.3 Å². The number of nitrogens with zero attached hydrogens (tertiary/aromatic N) is 7. The second-order valence-electron chi connectivity index (χ2n) is 20.0. The topological polar surface area (TPSA) is 330 Å². The third-order valence-corrected chi connectivity index (χ3v) is 18.6. The lowest BCUT2D eigenvalue weighted by atomic mass is 10.0. The van der Waals surface area contributed by atoms with Crippen LogP contribution in [0.1, 0.15) is 133 Å². The van der Waals surface area contributed by atoms with E-state index in [4.69, 9.17) is 45.1 Å². The number of amides is 6. The number of rotatable bonds is 13. The summed E-state index contributed by atoms with van der Waals surface area (Å²) in [6.07, 6.45) is 0.731. The standard InChI is InChI=1S/C54H58N14O9S6/c1-25(2)38-52-68-41(34(83-52)21-76-7)45(73)57-20-37(70)65-42(43(71)27-12-9-8-10-13-27)51-62-32(23-79-51)48-58-19-33(82-48)40-28(14-15-29(59-40)49-63-35(24-80-49)64-53(75)77-17-11-16-54(4,5)55)47-61-31(22-78-47)44(72)60-30(18-36(69)56-6)50-67-39(26(3)81-50)46(74)66-38/h8-10,12-15,19,22-25,30,38,42-43,71H,11,16-18,20-21,55H2,1-7H3,(H,56,69)(H,57,73)(H,60,72)(H,64,75)(H,65,70)(H,66,74)/t30-,38-,42-,43-/m0/s1. The number of benzene rings is 1. The average Bonchev–Trinajstić information content (AvgIpc) is 4.41. The van der Waals surface area contributed by atoms with Crippen LogP contribution in [0.3, 0.4) is 0 Å². The van der Waals surface area contributed by atoms with Crippen LogP contribution in [0.15, 0.2) is 64.8 Å². The summed E-state index contributed by atoms with van der Waals surface area (Å²) >= 11 is 7.21. The van der Waals surface area contributed by atoms with Crippen LogP contribution in [0, 0.1) is 12.8 Å². The van der Waals surface area contributed by atoms with Crippen molar-refractivity contribution in [1.29, 1.82) is 0 Å². The molecule has 10 bridgehead atoms. The van der Waals surface area contributed by atoms with Gasteiger partial charge in [0.2, 0.25) is 11.8 Å². The van der Waals surface area contributed by atoms with E-state index in [-0.39, 0.29) is 48.5 Å². The Hall–Kier alpha value is -7.35. The first-order chi connectivity index (χ1) is 39.7. The SMILES string of the molecule is CNC(=O)C[C@@H]1NC(=O)c2csc(n2)-c2ccc(-c3nc(NC(=O)OCCCC(C)(C)N)cs3)nc2-c2cnc(s2)-c2csc(n2)[C@H]([C@@H](O)c2ccccc2)NC(=O)CNC(=O)c2nc(sc2COC)[C@H](C(C)C)NC(=O)c2nc1sc2C. The van der Waals surface area contributed by atoms with Gasteiger partial charge in [0.1, 0.15) is 70.8 Å². The smallest absolute Gasteiger partial charge is 0.412 e. The minimum Gasteiger partial charge on any atom is -0.449 e. The van der Waals surface area contributed by atoms with Gasteiger partial charge in [-0.2, -0.15) is 0 Å². The van der Waals surface area contributed by atoms with Gasteiger partial charge in [-0.1, -0.05) is 44.2 Å². The lowest BCUT2D eigenvalue weighted by Gasteiger charge is -2.23. The first kappa shape index (κ1) is 60.2. The van der Waals surface area contributed by atoms with E-state index in [0.29, 0.717) is 85.7 Å². The van der Waals surface area contributed by atoms with Crippen LogP contribution in [0.2, 0.25) is 0 Å². The number of carbonyl (C=O) groups excluding carboxylic acids is 6. The second-order valence-corrected chi connectivity index (χ2v) is 26.0. The van der Waals surface area contributed by atoms with Gasteiger partial charge in [0.05, 0.1) is 59.4 Å². The Bertz CT molecular complexity index is 3660. The molecule has 1 aromatic carbocycles. The van der Waals surface area contributed by atoms with Crippen molar-refractivity contribution in [3.63, 3.8) is 0 Å². The molecule has 0 fully saturated rings. The number of methoxy groups -OCH3 is 1. The summed E-state index contributed by atoms with van der Waals surface area (Å²) in [4.78, 5) is 117. The van der Waals surface area contributed by atoms with Gasteiger partial charge in [-0.05, 0) is 57.2 Å². The van der Waals surface area contributed by atoms with Crippen molar-refractivity contribution in [3.05, 3.63) is 112 Å². The van der Waals surface area contributed by atoms with Crippen molar-refractivity contribution in [2.75, 3.05) is 32.6 Å². The van der Waals surface area contributed by atoms with Crippen molar-refractivity contribution in [2.45, 2.75) is 90.3 Å². The Balaban J connectivity index is 1.10. The Labute approximate surface area is 500 Å². The number of aromatic nitrogens is 7. The Kier molecular flexibility index (Phi) is 19.2. The molecule has 6 amide bonds. The molecule has 434 valence electrons. The van der Waals surface area contributed by atoms with E-state index in [1.165, 1.54) is 70.8 Å². The predicted molar refractivity (Wildman–Crippen MR) is 319 cm³/mol. The predicted octanol–water partition coefficient (Wildman–Crippen LogP) is 8.38. The number of aliphatic hydroxyl groups is 1. The van der Waals surface area contributed by atoms with Crippen molar-refractivity contribution in [1.82, 2.24) is 61.5 Å². The van der Waals surface area contributed by atoms with E-state index in [1.54, 1.807) is 71.7 Å². The van der Waals surface area contributed by atoms with Crippen molar-refractivity contribution in [2.24, 2.45) is 11.7 Å².